The number of anilines is 1. The van der Waals surface area contributed by atoms with E-state index >= 15 is 0 Å². The van der Waals surface area contributed by atoms with Gasteiger partial charge in [-0.25, -0.2) is 4.98 Å². The maximum Gasteiger partial charge on any atom is 0.255 e. The largest absolute Gasteiger partial charge is 0.381 e. The van der Waals surface area contributed by atoms with Gasteiger partial charge in [0.15, 0.2) is 0 Å². The molecule has 3 N–H and O–H groups in total. The predicted molar refractivity (Wildman–Crippen MR) is 98.7 cm³/mol. The van der Waals surface area contributed by atoms with Gasteiger partial charge in [-0.15, -0.1) is 0 Å². The van der Waals surface area contributed by atoms with Crippen LogP contribution in [0, 0.1) is 11.3 Å². The number of nitrogens with two attached hydrogens (primary N) is 1. The van der Waals surface area contributed by atoms with Crippen LogP contribution in [0.5, 0.6) is 0 Å². The lowest BCUT2D eigenvalue weighted by Crippen LogP contribution is -2.46. The maximum atomic E-state index is 12.6. The second kappa shape index (κ2) is 8.03. The van der Waals surface area contributed by atoms with E-state index in [2.05, 4.69) is 17.2 Å². The van der Waals surface area contributed by atoms with E-state index < -0.39 is 5.41 Å². The van der Waals surface area contributed by atoms with Crippen molar-refractivity contribution in [2.75, 3.05) is 38.2 Å². The van der Waals surface area contributed by atoms with E-state index in [-0.39, 0.29) is 11.8 Å². The standard InChI is InChI=1S/C19H28N4O3/c1-14-4-8-23(9-5-14)17(24)15-2-3-16(21-12-15)22-13-19(18(20)25)6-10-26-11-7-19/h2-3,12,14H,4-11,13H2,1H3,(H2,20,25)(H,21,22). The van der Waals surface area contributed by atoms with E-state index in [4.69, 9.17) is 10.5 Å². The summed E-state index contributed by atoms with van der Waals surface area (Å²) in [5.41, 5.74) is 5.62. The number of aromatic nitrogens is 1. The minimum absolute atomic E-state index is 0.0361. The van der Waals surface area contributed by atoms with E-state index in [1.165, 1.54) is 0 Å². The van der Waals surface area contributed by atoms with Crippen molar-refractivity contribution in [2.24, 2.45) is 17.1 Å². The summed E-state index contributed by atoms with van der Waals surface area (Å²) in [7, 11) is 0. The van der Waals surface area contributed by atoms with Crippen molar-refractivity contribution < 1.29 is 14.3 Å². The Labute approximate surface area is 154 Å². The number of hydrogen-bond donors (Lipinski definition) is 2. The summed E-state index contributed by atoms with van der Waals surface area (Å²) in [4.78, 5) is 30.7. The topological polar surface area (TPSA) is 97.6 Å². The summed E-state index contributed by atoms with van der Waals surface area (Å²) in [5, 5.41) is 3.20. The second-order valence-corrected chi connectivity index (χ2v) is 7.52. The summed E-state index contributed by atoms with van der Waals surface area (Å²) in [6.45, 7) is 5.35. The third-order valence-electron chi connectivity index (χ3n) is 5.66. The number of amides is 2. The number of primary amides is 1. The Morgan fingerprint density at radius 1 is 1.31 bits per heavy atom. The van der Waals surface area contributed by atoms with E-state index in [1.807, 2.05) is 4.90 Å². The molecular weight excluding hydrogens is 332 g/mol. The summed E-state index contributed by atoms with van der Waals surface area (Å²) in [6, 6.07) is 3.57. The molecule has 0 radical (unpaired) electrons. The van der Waals surface area contributed by atoms with Crippen LogP contribution in [0.2, 0.25) is 0 Å². The molecule has 0 spiro atoms. The molecule has 0 saturated carbocycles. The van der Waals surface area contributed by atoms with Gasteiger partial charge in [0.2, 0.25) is 5.91 Å². The number of hydrogen-bond acceptors (Lipinski definition) is 5. The Morgan fingerprint density at radius 2 is 2.00 bits per heavy atom. The van der Waals surface area contributed by atoms with Crippen LogP contribution in [0.4, 0.5) is 5.82 Å². The quantitative estimate of drug-likeness (QED) is 0.832. The average molecular weight is 360 g/mol. The van der Waals surface area contributed by atoms with Gasteiger partial charge in [0.25, 0.3) is 5.91 Å². The van der Waals surface area contributed by atoms with Gasteiger partial charge in [0, 0.05) is 39.0 Å². The molecule has 7 heteroatoms. The molecule has 2 fully saturated rings. The molecule has 2 aliphatic rings. The number of piperidine rings is 1. The molecule has 2 amide bonds. The molecule has 142 valence electrons. The van der Waals surface area contributed by atoms with Crippen LogP contribution in [0.25, 0.3) is 0 Å². The molecule has 3 heterocycles. The number of carbonyl (C=O) groups excluding carboxylic acids is 2. The molecule has 1 aromatic rings. The molecule has 0 atom stereocenters. The Bertz CT molecular complexity index is 633. The molecule has 7 nitrogen and oxygen atoms in total. The molecule has 0 aliphatic carbocycles. The van der Waals surface area contributed by atoms with Crippen LogP contribution in [-0.2, 0) is 9.53 Å². The first kappa shape index (κ1) is 18.6. The van der Waals surface area contributed by atoms with E-state index in [0.29, 0.717) is 49.9 Å². The lowest BCUT2D eigenvalue weighted by atomic mass is 9.79. The Morgan fingerprint density at radius 3 is 2.58 bits per heavy atom. The molecule has 1 aromatic heterocycles. The van der Waals surface area contributed by atoms with E-state index in [1.54, 1.807) is 18.3 Å². The number of pyridine rings is 1. The Kier molecular flexibility index (Phi) is 5.76. The van der Waals surface area contributed by atoms with Crippen molar-refractivity contribution in [3.8, 4) is 0 Å². The van der Waals surface area contributed by atoms with Crippen molar-refractivity contribution in [1.29, 1.82) is 0 Å². The zero-order valence-electron chi connectivity index (χ0n) is 15.4. The third-order valence-corrected chi connectivity index (χ3v) is 5.66. The van der Waals surface area contributed by atoms with Crippen LogP contribution in [0.15, 0.2) is 18.3 Å². The minimum atomic E-state index is -0.598. The van der Waals surface area contributed by atoms with Crippen LogP contribution >= 0.6 is 0 Å². The fourth-order valence-corrected chi connectivity index (χ4v) is 3.55. The molecule has 26 heavy (non-hydrogen) atoms. The van der Waals surface area contributed by atoms with Gasteiger partial charge < -0.3 is 20.7 Å². The third kappa shape index (κ3) is 4.15. The number of carbonyl (C=O) groups is 2. The van der Waals surface area contributed by atoms with Crippen LogP contribution < -0.4 is 11.1 Å². The fourth-order valence-electron chi connectivity index (χ4n) is 3.55. The van der Waals surface area contributed by atoms with Gasteiger partial charge in [-0.2, -0.15) is 0 Å². The summed E-state index contributed by atoms with van der Waals surface area (Å²) in [5.74, 6) is 1.06. The van der Waals surface area contributed by atoms with Gasteiger partial charge in [-0.3, -0.25) is 9.59 Å². The van der Waals surface area contributed by atoms with Crippen molar-refractivity contribution in [3.05, 3.63) is 23.9 Å². The average Bonchev–Trinajstić information content (AvgIpc) is 2.67. The number of nitrogens with zero attached hydrogens (tertiary/aromatic N) is 2. The molecule has 2 aliphatic heterocycles. The van der Waals surface area contributed by atoms with Gasteiger partial charge >= 0.3 is 0 Å². The first-order chi connectivity index (χ1) is 12.5. The summed E-state index contributed by atoms with van der Waals surface area (Å²) >= 11 is 0. The Hall–Kier alpha value is -2.15. The molecule has 0 aromatic carbocycles. The zero-order chi connectivity index (χ0) is 18.6. The summed E-state index contributed by atoms with van der Waals surface area (Å²) in [6.07, 6.45) is 4.93. The zero-order valence-corrected chi connectivity index (χ0v) is 15.4. The van der Waals surface area contributed by atoms with Crippen LogP contribution in [0.3, 0.4) is 0 Å². The van der Waals surface area contributed by atoms with Crippen molar-refractivity contribution >= 4 is 17.6 Å². The van der Waals surface area contributed by atoms with Crippen LogP contribution in [-0.4, -0.2) is 54.5 Å². The molecule has 2 saturated heterocycles. The van der Waals surface area contributed by atoms with E-state index in [0.717, 1.165) is 25.9 Å². The van der Waals surface area contributed by atoms with Gasteiger partial charge in [0.05, 0.1) is 11.0 Å². The number of nitrogens with one attached hydrogen (secondary N) is 1. The second-order valence-electron chi connectivity index (χ2n) is 7.52. The number of ether oxygens (including phenoxy) is 1. The highest BCUT2D eigenvalue weighted by Crippen LogP contribution is 2.30. The number of rotatable bonds is 5. The number of likely N-dealkylation sites (tertiary alicyclic amines) is 1. The van der Waals surface area contributed by atoms with Crippen LogP contribution in [0.1, 0.15) is 43.0 Å². The summed E-state index contributed by atoms with van der Waals surface area (Å²) < 4.78 is 5.34. The monoisotopic (exact) mass is 360 g/mol. The highest BCUT2D eigenvalue weighted by atomic mass is 16.5. The normalized spacial score (nSPS) is 20.6. The SMILES string of the molecule is CC1CCN(C(=O)c2ccc(NCC3(C(N)=O)CCOCC3)nc2)CC1. The van der Waals surface area contributed by atoms with Gasteiger partial charge in [0.1, 0.15) is 5.82 Å². The van der Waals surface area contributed by atoms with Crippen molar-refractivity contribution in [2.45, 2.75) is 32.6 Å². The van der Waals surface area contributed by atoms with Crippen molar-refractivity contribution in [3.63, 3.8) is 0 Å². The fraction of sp³-hybridized carbons (Fsp3) is 0.632. The highest BCUT2D eigenvalue weighted by Gasteiger charge is 2.38. The van der Waals surface area contributed by atoms with E-state index in [9.17, 15) is 9.59 Å². The molecule has 3 rings (SSSR count). The maximum absolute atomic E-state index is 12.6. The predicted octanol–water partition coefficient (Wildman–Crippen LogP) is 1.65. The molecular formula is C19H28N4O3. The molecule has 0 unspecified atom stereocenters. The molecule has 0 bridgehead atoms. The first-order valence-electron chi connectivity index (χ1n) is 9.37. The van der Waals surface area contributed by atoms with Gasteiger partial charge in [-0.1, -0.05) is 6.92 Å². The lowest BCUT2D eigenvalue weighted by Gasteiger charge is -2.34. The van der Waals surface area contributed by atoms with Gasteiger partial charge in [-0.05, 0) is 43.7 Å². The first-order valence-corrected chi connectivity index (χ1v) is 9.37. The Balaban J connectivity index is 1.59. The highest BCUT2D eigenvalue weighted by molar-refractivity contribution is 5.94. The smallest absolute Gasteiger partial charge is 0.255 e. The van der Waals surface area contributed by atoms with Crippen molar-refractivity contribution in [1.82, 2.24) is 9.88 Å². The lowest BCUT2D eigenvalue weighted by molar-refractivity contribution is -0.132. The minimum Gasteiger partial charge on any atom is -0.381 e.